The molecule has 6 heteroatoms. The van der Waals surface area contributed by atoms with Crippen molar-refractivity contribution in [1.29, 1.82) is 0 Å². The fraction of sp³-hybridized carbons (Fsp3) is 0.409. The summed E-state index contributed by atoms with van der Waals surface area (Å²) >= 11 is 0. The monoisotopic (exact) mass is 385 g/mol. The van der Waals surface area contributed by atoms with Crippen molar-refractivity contribution >= 4 is 11.6 Å². The smallest absolute Gasteiger partial charge is 0.279 e. The largest absolute Gasteiger partial charge is 0.493 e. The number of benzene rings is 2. The topological polar surface area (TPSA) is 47.2 Å². The third-order valence-electron chi connectivity index (χ3n) is 5.74. The van der Waals surface area contributed by atoms with Gasteiger partial charge in [-0.3, -0.25) is 4.79 Å². The van der Waals surface area contributed by atoms with Crippen LogP contribution in [0.4, 0.5) is 10.1 Å². The van der Waals surface area contributed by atoms with Crippen molar-refractivity contribution in [2.75, 3.05) is 44.6 Å². The Balaban J connectivity index is 1.23. The number of rotatable bonds is 5. The predicted molar refractivity (Wildman–Crippen MR) is 105 cm³/mol. The number of nitrogens with one attached hydrogen (secondary N) is 3. The van der Waals surface area contributed by atoms with Gasteiger partial charge >= 0.3 is 0 Å². The Kier molecular flexibility index (Phi) is 5.59. The van der Waals surface area contributed by atoms with Crippen LogP contribution in [0.25, 0.3) is 0 Å². The highest BCUT2D eigenvalue weighted by atomic mass is 19.1. The molecule has 0 unspecified atom stereocenters. The number of amides is 1. The van der Waals surface area contributed by atoms with Crippen molar-refractivity contribution in [3.05, 3.63) is 58.9 Å². The molecule has 0 aromatic heterocycles. The maximum absolute atomic E-state index is 13.6. The second-order valence-electron chi connectivity index (χ2n) is 7.91. The zero-order chi connectivity index (χ0) is 19.5. The average Bonchev–Trinajstić information content (AvgIpc) is 3.14. The first-order valence-electron chi connectivity index (χ1n) is 10.0. The van der Waals surface area contributed by atoms with E-state index < -0.39 is 0 Å². The van der Waals surface area contributed by atoms with E-state index in [2.05, 4.69) is 23.5 Å². The molecule has 4 rings (SSSR count). The van der Waals surface area contributed by atoms with Crippen molar-refractivity contribution in [2.24, 2.45) is 0 Å². The van der Waals surface area contributed by atoms with E-state index in [9.17, 15) is 9.18 Å². The highest BCUT2D eigenvalue weighted by Gasteiger charge is 2.25. The molecule has 0 saturated carbocycles. The second kappa shape index (κ2) is 8.29. The van der Waals surface area contributed by atoms with Gasteiger partial charge in [0.05, 0.1) is 6.61 Å². The van der Waals surface area contributed by atoms with E-state index in [1.807, 2.05) is 0 Å². The molecule has 0 atom stereocenters. The van der Waals surface area contributed by atoms with Crippen LogP contribution in [0.15, 0.2) is 36.4 Å². The predicted octanol–water partition coefficient (Wildman–Crippen LogP) is -0.00888. The summed E-state index contributed by atoms with van der Waals surface area (Å²) in [4.78, 5) is 15.1. The molecule has 5 nitrogen and oxygen atoms in total. The van der Waals surface area contributed by atoms with Crippen LogP contribution < -0.4 is 19.9 Å². The minimum absolute atomic E-state index is 0.0553. The number of fused-ring (bicyclic) bond motifs is 1. The normalized spacial score (nSPS) is 21.1. The van der Waals surface area contributed by atoms with Gasteiger partial charge in [-0.25, -0.2) is 4.39 Å². The summed E-state index contributed by atoms with van der Waals surface area (Å²) in [5.41, 5.74) is 3.79. The first-order chi connectivity index (χ1) is 13.6. The quantitative estimate of drug-likeness (QED) is 0.678. The van der Waals surface area contributed by atoms with E-state index in [1.165, 1.54) is 22.1 Å². The van der Waals surface area contributed by atoms with Gasteiger partial charge in [-0.1, -0.05) is 6.07 Å². The maximum atomic E-state index is 13.6. The van der Waals surface area contributed by atoms with Crippen LogP contribution in [0.3, 0.4) is 0 Å². The molecule has 1 saturated heterocycles. The molecule has 0 bridgehead atoms. The Bertz CT molecular complexity index is 863. The van der Waals surface area contributed by atoms with E-state index in [0.717, 1.165) is 51.5 Å². The molecular formula is C22H28FN3O2+2. The number of halogens is 1. The van der Waals surface area contributed by atoms with Crippen molar-refractivity contribution in [1.82, 2.24) is 0 Å². The molecule has 2 aromatic carbocycles. The number of carbonyl (C=O) groups is 1. The standard InChI is InChI=1S/C22H26FN3O2/c1-16-2-4-19(13-20(16)23)24-22(27)15-26-9-7-25(8-10-26)14-17-3-5-21-18(12-17)6-11-28-21/h2-5,12-13H,6-11,14-15H2,1H3,(H,24,27)/p+2. The number of hydrogen-bond acceptors (Lipinski definition) is 2. The molecule has 0 aliphatic carbocycles. The minimum Gasteiger partial charge on any atom is -0.493 e. The minimum atomic E-state index is -0.291. The van der Waals surface area contributed by atoms with Gasteiger partial charge in [0.25, 0.3) is 5.91 Å². The molecule has 1 amide bonds. The molecule has 3 N–H and O–H groups in total. The van der Waals surface area contributed by atoms with Gasteiger partial charge in [-0.2, -0.15) is 0 Å². The van der Waals surface area contributed by atoms with Crippen LogP contribution >= 0.6 is 0 Å². The van der Waals surface area contributed by atoms with Gasteiger partial charge < -0.3 is 19.9 Å². The molecule has 2 aromatic rings. The second-order valence-corrected chi connectivity index (χ2v) is 7.91. The Morgan fingerprint density at radius 3 is 2.68 bits per heavy atom. The molecule has 0 spiro atoms. The van der Waals surface area contributed by atoms with Crippen LogP contribution in [-0.4, -0.2) is 45.2 Å². The van der Waals surface area contributed by atoms with Gasteiger partial charge in [0.1, 0.15) is 44.3 Å². The summed E-state index contributed by atoms with van der Waals surface area (Å²) < 4.78 is 19.2. The van der Waals surface area contributed by atoms with Gasteiger partial charge in [0, 0.05) is 17.7 Å². The number of anilines is 1. The van der Waals surface area contributed by atoms with Crippen molar-refractivity contribution in [2.45, 2.75) is 19.9 Å². The van der Waals surface area contributed by atoms with Crippen LogP contribution in [-0.2, 0) is 17.8 Å². The fourth-order valence-electron chi connectivity index (χ4n) is 4.05. The van der Waals surface area contributed by atoms with Gasteiger partial charge in [0.15, 0.2) is 6.54 Å². The highest BCUT2D eigenvalue weighted by molar-refractivity contribution is 5.91. The van der Waals surface area contributed by atoms with Crippen molar-refractivity contribution in [3.8, 4) is 5.75 Å². The first-order valence-corrected chi connectivity index (χ1v) is 10.0. The highest BCUT2D eigenvalue weighted by Crippen LogP contribution is 2.25. The lowest BCUT2D eigenvalue weighted by atomic mass is 10.1. The van der Waals surface area contributed by atoms with E-state index >= 15 is 0 Å². The molecule has 28 heavy (non-hydrogen) atoms. The molecule has 1 fully saturated rings. The van der Waals surface area contributed by atoms with E-state index in [0.29, 0.717) is 17.8 Å². The lowest BCUT2D eigenvalue weighted by Gasteiger charge is -2.29. The summed E-state index contributed by atoms with van der Waals surface area (Å²) in [6.07, 6.45) is 1.01. The van der Waals surface area contributed by atoms with Gasteiger partial charge in [0.2, 0.25) is 0 Å². The van der Waals surface area contributed by atoms with Crippen LogP contribution in [0.5, 0.6) is 5.75 Å². The zero-order valence-corrected chi connectivity index (χ0v) is 16.3. The summed E-state index contributed by atoms with van der Waals surface area (Å²) in [5.74, 6) is 0.688. The van der Waals surface area contributed by atoms with Crippen molar-refractivity contribution < 1.29 is 23.7 Å². The number of piperazine rings is 1. The SMILES string of the molecule is Cc1ccc(NC(=O)C[NH+]2CC[NH+](Cc3ccc4c(c3)CCO4)CC2)cc1F. The molecule has 2 heterocycles. The lowest BCUT2D eigenvalue weighted by molar-refractivity contribution is -1.02. The third kappa shape index (κ3) is 4.51. The number of ether oxygens (including phenoxy) is 1. The van der Waals surface area contributed by atoms with E-state index in [4.69, 9.17) is 4.74 Å². The molecule has 2 aliphatic rings. The third-order valence-corrected chi connectivity index (χ3v) is 5.74. The summed E-state index contributed by atoms with van der Waals surface area (Å²) in [6.45, 7) is 8.01. The van der Waals surface area contributed by atoms with Crippen molar-refractivity contribution in [3.63, 3.8) is 0 Å². The van der Waals surface area contributed by atoms with Crippen LogP contribution in [0, 0.1) is 12.7 Å². The zero-order valence-electron chi connectivity index (χ0n) is 16.3. The molecular weight excluding hydrogens is 357 g/mol. The Morgan fingerprint density at radius 2 is 1.89 bits per heavy atom. The Labute approximate surface area is 165 Å². The van der Waals surface area contributed by atoms with Crippen LogP contribution in [0.2, 0.25) is 0 Å². The average molecular weight is 385 g/mol. The van der Waals surface area contributed by atoms with E-state index in [1.54, 1.807) is 24.0 Å². The Hall–Kier alpha value is -2.44. The van der Waals surface area contributed by atoms with Gasteiger partial charge in [-0.05, 0) is 48.4 Å². The van der Waals surface area contributed by atoms with Crippen LogP contribution in [0.1, 0.15) is 16.7 Å². The van der Waals surface area contributed by atoms with Gasteiger partial charge in [-0.15, -0.1) is 0 Å². The molecule has 148 valence electrons. The number of hydrogen-bond donors (Lipinski definition) is 3. The van der Waals surface area contributed by atoms with E-state index in [-0.39, 0.29) is 11.7 Å². The molecule has 2 aliphatic heterocycles. The fourth-order valence-corrected chi connectivity index (χ4v) is 4.05. The number of carbonyl (C=O) groups excluding carboxylic acids is 1. The first kappa shape index (κ1) is 18.9. The number of aryl methyl sites for hydroxylation is 1. The maximum Gasteiger partial charge on any atom is 0.279 e. The summed E-state index contributed by atoms with van der Waals surface area (Å²) in [6, 6.07) is 11.4. The molecule has 0 radical (unpaired) electrons. The Morgan fingerprint density at radius 1 is 1.11 bits per heavy atom. The summed E-state index contributed by atoms with van der Waals surface area (Å²) in [5, 5.41) is 2.81. The lowest BCUT2D eigenvalue weighted by Crippen LogP contribution is -3.28. The number of quaternary nitrogens is 2. The summed E-state index contributed by atoms with van der Waals surface area (Å²) in [7, 11) is 0.